The van der Waals surface area contributed by atoms with Gasteiger partial charge in [-0.1, -0.05) is 51.1 Å². The van der Waals surface area contributed by atoms with Crippen molar-refractivity contribution in [3.05, 3.63) is 101 Å². The van der Waals surface area contributed by atoms with Crippen molar-refractivity contribution in [2.75, 3.05) is 7.11 Å². The lowest BCUT2D eigenvalue weighted by Crippen LogP contribution is -2.13. The van der Waals surface area contributed by atoms with Gasteiger partial charge in [-0.2, -0.15) is 0 Å². The average Bonchev–Trinajstić information content (AvgIpc) is 2.77. The molecule has 158 valence electrons. The van der Waals surface area contributed by atoms with Gasteiger partial charge in [0.05, 0.1) is 12.7 Å². The van der Waals surface area contributed by atoms with E-state index in [-0.39, 0.29) is 11.2 Å². The fourth-order valence-electron chi connectivity index (χ4n) is 2.94. The lowest BCUT2D eigenvalue weighted by molar-refractivity contribution is 0.0734. The van der Waals surface area contributed by atoms with Crippen LogP contribution in [0.3, 0.4) is 0 Å². The zero-order valence-electron chi connectivity index (χ0n) is 18.2. The van der Waals surface area contributed by atoms with Crippen LogP contribution in [0.4, 0.5) is 0 Å². The van der Waals surface area contributed by atoms with E-state index in [1.165, 1.54) is 6.08 Å². The molecule has 0 amide bonds. The average molecular weight is 415 g/mol. The van der Waals surface area contributed by atoms with Crippen LogP contribution in [-0.2, 0) is 5.41 Å². The van der Waals surface area contributed by atoms with Crippen LogP contribution in [-0.4, -0.2) is 18.9 Å². The van der Waals surface area contributed by atoms with Crippen molar-refractivity contribution in [1.82, 2.24) is 0 Å². The van der Waals surface area contributed by atoms with Crippen LogP contribution in [0.5, 0.6) is 11.5 Å². The first-order valence-electron chi connectivity index (χ1n) is 10.1. The third-order valence-corrected chi connectivity index (χ3v) is 4.88. The van der Waals surface area contributed by atoms with E-state index in [9.17, 15) is 9.59 Å². The Balaban J connectivity index is 1.62. The third kappa shape index (κ3) is 5.92. The predicted molar refractivity (Wildman–Crippen MR) is 123 cm³/mol. The van der Waals surface area contributed by atoms with E-state index >= 15 is 0 Å². The van der Waals surface area contributed by atoms with Crippen LogP contribution in [0, 0.1) is 0 Å². The molecule has 0 aliphatic rings. The number of methoxy groups -OCH3 is 1. The molecule has 0 fully saturated rings. The van der Waals surface area contributed by atoms with Crippen molar-refractivity contribution in [1.29, 1.82) is 0 Å². The van der Waals surface area contributed by atoms with Gasteiger partial charge in [-0.05, 0) is 71.1 Å². The molecular weight excluding hydrogens is 388 g/mol. The molecule has 0 saturated heterocycles. The molecule has 0 aliphatic carbocycles. The second-order valence-corrected chi connectivity index (χ2v) is 8.21. The Labute approximate surface area is 183 Å². The topological polar surface area (TPSA) is 52.6 Å². The summed E-state index contributed by atoms with van der Waals surface area (Å²) in [4.78, 5) is 24.8. The molecule has 0 unspecified atom stereocenters. The minimum absolute atomic E-state index is 0.0205. The third-order valence-electron chi connectivity index (χ3n) is 4.88. The Bertz CT molecular complexity index is 1070. The number of allylic oxidation sites excluding steroid dienone is 1. The van der Waals surface area contributed by atoms with Crippen LogP contribution < -0.4 is 9.47 Å². The molecule has 31 heavy (non-hydrogen) atoms. The molecule has 0 atom stereocenters. The molecule has 0 radical (unpaired) electrons. The fraction of sp³-hybridized carbons (Fsp3) is 0.185. The van der Waals surface area contributed by atoms with Gasteiger partial charge in [0.2, 0.25) is 0 Å². The van der Waals surface area contributed by atoms with E-state index in [4.69, 9.17) is 9.47 Å². The van der Waals surface area contributed by atoms with Crippen LogP contribution in [0.15, 0.2) is 78.9 Å². The second kappa shape index (κ2) is 9.43. The predicted octanol–water partition coefficient (Wildman–Crippen LogP) is 6.11. The number of esters is 1. The molecule has 0 saturated carbocycles. The van der Waals surface area contributed by atoms with Gasteiger partial charge in [0.15, 0.2) is 5.78 Å². The van der Waals surface area contributed by atoms with Crippen molar-refractivity contribution >= 4 is 17.8 Å². The molecule has 0 aliphatic heterocycles. The van der Waals surface area contributed by atoms with Gasteiger partial charge >= 0.3 is 5.97 Å². The van der Waals surface area contributed by atoms with Crippen molar-refractivity contribution < 1.29 is 19.1 Å². The highest BCUT2D eigenvalue weighted by atomic mass is 16.5. The summed E-state index contributed by atoms with van der Waals surface area (Å²) >= 11 is 0. The second-order valence-electron chi connectivity index (χ2n) is 8.21. The molecule has 4 heteroatoms. The molecule has 3 aromatic carbocycles. The summed E-state index contributed by atoms with van der Waals surface area (Å²) in [5.74, 6) is 0.588. The summed E-state index contributed by atoms with van der Waals surface area (Å²) in [7, 11) is 1.61. The van der Waals surface area contributed by atoms with Crippen molar-refractivity contribution in [2.45, 2.75) is 26.2 Å². The lowest BCUT2D eigenvalue weighted by Gasteiger charge is -2.18. The summed E-state index contributed by atoms with van der Waals surface area (Å²) in [6.07, 6.45) is 3.26. The highest BCUT2D eigenvalue weighted by Gasteiger charge is 2.15. The van der Waals surface area contributed by atoms with E-state index in [2.05, 4.69) is 20.8 Å². The molecule has 0 spiro atoms. The quantitative estimate of drug-likeness (QED) is 0.211. The molecule has 0 aromatic heterocycles. The summed E-state index contributed by atoms with van der Waals surface area (Å²) in [5, 5.41) is 0. The molecule has 4 nitrogen and oxygen atoms in total. The van der Waals surface area contributed by atoms with E-state index in [1.807, 2.05) is 36.4 Å². The van der Waals surface area contributed by atoms with Gasteiger partial charge in [0.25, 0.3) is 0 Å². The Hall–Kier alpha value is -3.66. The van der Waals surface area contributed by atoms with Gasteiger partial charge in [0, 0.05) is 5.56 Å². The smallest absolute Gasteiger partial charge is 0.343 e. The Morgan fingerprint density at radius 1 is 0.742 bits per heavy atom. The lowest BCUT2D eigenvalue weighted by atomic mass is 9.87. The standard InChI is InChI=1S/C27H26O4/c1-27(2,3)22-12-8-21(9-13-22)26(29)31-24-16-10-20(11-17-24)25(28)18-7-19-5-14-23(30-4)15-6-19/h5-18H,1-4H3. The summed E-state index contributed by atoms with van der Waals surface area (Å²) in [6, 6.07) is 21.4. The minimum atomic E-state index is -0.432. The van der Waals surface area contributed by atoms with E-state index < -0.39 is 5.97 Å². The monoisotopic (exact) mass is 414 g/mol. The van der Waals surface area contributed by atoms with E-state index in [0.29, 0.717) is 16.9 Å². The maximum Gasteiger partial charge on any atom is 0.343 e. The van der Waals surface area contributed by atoms with E-state index in [1.54, 1.807) is 49.6 Å². The van der Waals surface area contributed by atoms with Crippen molar-refractivity contribution in [3.8, 4) is 11.5 Å². The molecular formula is C27H26O4. The molecule has 0 N–H and O–H groups in total. The van der Waals surface area contributed by atoms with Crippen molar-refractivity contribution in [2.24, 2.45) is 0 Å². The first kappa shape index (κ1) is 22.0. The van der Waals surface area contributed by atoms with Gasteiger partial charge in [-0.3, -0.25) is 4.79 Å². The van der Waals surface area contributed by atoms with Gasteiger partial charge in [-0.15, -0.1) is 0 Å². The molecule has 3 rings (SSSR count). The van der Waals surface area contributed by atoms with Crippen LogP contribution in [0.25, 0.3) is 6.08 Å². The highest BCUT2D eigenvalue weighted by molar-refractivity contribution is 6.06. The van der Waals surface area contributed by atoms with Crippen molar-refractivity contribution in [3.63, 3.8) is 0 Å². The fourth-order valence-corrected chi connectivity index (χ4v) is 2.94. The maximum absolute atomic E-state index is 12.4. The summed E-state index contributed by atoms with van der Waals surface area (Å²) in [6.45, 7) is 6.36. The van der Waals surface area contributed by atoms with Gasteiger partial charge in [0.1, 0.15) is 11.5 Å². The van der Waals surface area contributed by atoms with Gasteiger partial charge < -0.3 is 9.47 Å². The first-order chi connectivity index (χ1) is 14.8. The van der Waals surface area contributed by atoms with Crippen LogP contribution in [0.2, 0.25) is 0 Å². The zero-order valence-corrected chi connectivity index (χ0v) is 18.2. The number of benzene rings is 3. The van der Waals surface area contributed by atoms with E-state index in [0.717, 1.165) is 16.9 Å². The minimum Gasteiger partial charge on any atom is -0.497 e. The number of ether oxygens (including phenoxy) is 2. The van der Waals surface area contributed by atoms with Crippen LogP contribution in [0.1, 0.15) is 52.6 Å². The summed E-state index contributed by atoms with van der Waals surface area (Å²) in [5.41, 5.74) is 3.06. The number of carbonyl (C=O) groups excluding carboxylic acids is 2. The zero-order chi connectivity index (χ0) is 22.4. The maximum atomic E-state index is 12.4. The Kier molecular flexibility index (Phi) is 6.71. The number of carbonyl (C=O) groups is 2. The Morgan fingerprint density at radius 3 is 1.84 bits per heavy atom. The van der Waals surface area contributed by atoms with Gasteiger partial charge in [-0.25, -0.2) is 4.79 Å². The number of ketones is 1. The number of hydrogen-bond acceptors (Lipinski definition) is 4. The number of rotatable bonds is 6. The first-order valence-corrected chi connectivity index (χ1v) is 10.1. The SMILES string of the molecule is COc1ccc(C=CC(=O)c2ccc(OC(=O)c3ccc(C(C)(C)C)cc3)cc2)cc1. The normalized spacial score (nSPS) is 11.4. The molecule has 3 aromatic rings. The molecule has 0 heterocycles. The highest BCUT2D eigenvalue weighted by Crippen LogP contribution is 2.23. The largest absolute Gasteiger partial charge is 0.497 e. The molecule has 0 bridgehead atoms. The summed E-state index contributed by atoms with van der Waals surface area (Å²) < 4.78 is 10.6. The van der Waals surface area contributed by atoms with Crippen LogP contribution >= 0.6 is 0 Å². The number of hydrogen-bond donors (Lipinski definition) is 0. The Morgan fingerprint density at radius 2 is 1.29 bits per heavy atom.